The highest BCUT2D eigenvalue weighted by Gasteiger charge is 2.34. The van der Waals surface area contributed by atoms with Crippen molar-refractivity contribution in [2.24, 2.45) is 0 Å². The number of halogens is 1. The molecule has 0 aromatic rings. The van der Waals surface area contributed by atoms with Crippen molar-refractivity contribution in [3.8, 4) is 0 Å². The summed E-state index contributed by atoms with van der Waals surface area (Å²) in [4.78, 5) is 0. The summed E-state index contributed by atoms with van der Waals surface area (Å²) in [5, 5.41) is 0. The topological polar surface area (TPSA) is 0 Å². The third-order valence-electron chi connectivity index (χ3n) is 6.21. The van der Waals surface area contributed by atoms with Crippen molar-refractivity contribution < 1.29 is 0 Å². The molecule has 0 aliphatic carbocycles. The minimum absolute atomic E-state index is 0.878. The highest BCUT2D eigenvalue weighted by atomic mass is 35.5. The van der Waals surface area contributed by atoms with Gasteiger partial charge in [-0.3, -0.25) is 0 Å². The predicted octanol–water partition coefficient (Wildman–Crippen LogP) is 10.3. The second-order valence-corrected chi connectivity index (χ2v) is 13.9. The Labute approximate surface area is 179 Å². The molecule has 0 aromatic heterocycles. The van der Waals surface area contributed by atoms with E-state index >= 15 is 0 Å². The van der Waals surface area contributed by atoms with Gasteiger partial charge in [0.05, 0.1) is 18.5 Å². The normalized spacial score (nSPS) is 12.0. The van der Waals surface area contributed by atoms with Gasteiger partial charge in [0.15, 0.2) is 0 Å². The van der Waals surface area contributed by atoms with Crippen molar-refractivity contribution in [2.75, 3.05) is 24.1 Å². The van der Waals surface area contributed by atoms with Gasteiger partial charge in [0.1, 0.15) is 5.62 Å². The number of rotatable bonds is 22. The molecule has 27 heavy (non-hydrogen) atoms. The molecule has 0 nitrogen and oxygen atoms in total. The molecular formula is C25H53ClP+. The third kappa shape index (κ3) is 17.3. The lowest BCUT2D eigenvalue weighted by Gasteiger charge is -2.26. The molecule has 0 rings (SSSR count). The van der Waals surface area contributed by atoms with Crippen LogP contribution in [0.3, 0.4) is 0 Å². The second kappa shape index (κ2) is 21.4. The molecule has 0 aliphatic heterocycles. The Hall–Kier alpha value is 0.720. The zero-order chi connectivity index (χ0) is 20.1. The van der Waals surface area contributed by atoms with Crippen LogP contribution in [0.5, 0.6) is 0 Å². The van der Waals surface area contributed by atoms with Gasteiger partial charge in [-0.25, -0.2) is 0 Å². The first-order valence-electron chi connectivity index (χ1n) is 12.7. The molecule has 0 bridgehead atoms. The quantitative estimate of drug-likeness (QED) is 0.0929. The lowest BCUT2D eigenvalue weighted by molar-refractivity contribution is 0.616. The summed E-state index contributed by atoms with van der Waals surface area (Å²) in [6.45, 7) is 6.93. The summed E-state index contributed by atoms with van der Waals surface area (Å²) < 4.78 is 0. The molecule has 0 heterocycles. The van der Waals surface area contributed by atoms with Crippen LogP contribution < -0.4 is 0 Å². The fourth-order valence-electron chi connectivity index (χ4n) is 4.20. The zero-order valence-corrected chi connectivity index (χ0v) is 21.0. The van der Waals surface area contributed by atoms with Gasteiger partial charge in [0.25, 0.3) is 0 Å². The van der Waals surface area contributed by atoms with Crippen molar-refractivity contribution in [3.63, 3.8) is 0 Å². The Morgan fingerprint density at radius 3 is 0.926 bits per heavy atom. The van der Waals surface area contributed by atoms with Crippen LogP contribution in [0.2, 0.25) is 0 Å². The molecule has 2 heteroatoms. The molecule has 164 valence electrons. The molecular weight excluding hydrogens is 367 g/mol. The van der Waals surface area contributed by atoms with Crippen molar-refractivity contribution in [3.05, 3.63) is 0 Å². The highest BCUT2D eigenvalue weighted by molar-refractivity contribution is 7.77. The molecule has 0 radical (unpaired) electrons. The monoisotopic (exact) mass is 419 g/mol. The van der Waals surface area contributed by atoms with Crippen LogP contribution in [0.4, 0.5) is 0 Å². The Morgan fingerprint density at radius 2 is 0.667 bits per heavy atom. The number of unbranched alkanes of at least 4 members (excludes halogenated alkanes) is 15. The predicted molar refractivity (Wildman–Crippen MR) is 132 cm³/mol. The third-order valence-corrected chi connectivity index (χ3v) is 12.0. The average molecular weight is 420 g/mol. The Morgan fingerprint density at radius 1 is 0.407 bits per heavy atom. The smallest absolute Gasteiger partial charge is 0.0821 e. The summed E-state index contributed by atoms with van der Waals surface area (Å²) in [7, 11) is -0.878. The van der Waals surface area contributed by atoms with Gasteiger partial charge in [0.2, 0.25) is 0 Å². The summed E-state index contributed by atoms with van der Waals surface area (Å²) in [5.41, 5.74) is 1.01. The van der Waals surface area contributed by atoms with E-state index in [1.165, 1.54) is 134 Å². The summed E-state index contributed by atoms with van der Waals surface area (Å²) >= 11 is 6.66. The minimum Gasteiger partial charge on any atom is -0.0821 e. The molecule has 0 atom stereocenters. The van der Waals surface area contributed by atoms with Crippen molar-refractivity contribution in [1.82, 2.24) is 0 Å². The average Bonchev–Trinajstić information content (AvgIpc) is 2.69. The van der Waals surface area contributed by atoms with Crippen molar-refractivity contribution in [2.45, 2.75) is 136 Å². The van der Waals surface area contributed by atoms with Gasteiger partial charge >= 0.3 is 0 Å². The van der Waals surface area contributed by atoms with Gasteiger partial charge in [-0.1, -0.05) is 109 Å². The molecule has 0 N–H and O–H groups in total. The maximum absolute atomic E-state index is 6.66. The van der Waals surface area contributed by atoms with Crippen LogP contribution >= 0.6 is 18.9 Å². The summed E-state index contributed by atoms with van der Waals surface area (Å²) in [6, 6.07) is 0. The molecule has 0 saturated heterocycles. The van der Waals surface area contributed by atoms with E-state index in [4.69, 9.17) is 11.6 Å². The molecule has 0 unspecified atom stereocenters. The van der Waals surface area contributed by atoms with E-state index in [1.54, 1.807) is 0 Å². The lowest BCUT2D eigenvalue weighted by Crippen LogP contribution is -2.10. The van der Waals surface area contributed by atoms with Crippen LogP contribution in [0, 0.1) is 0 Å². The standard InChI is InChI=1S/C25H53ClP/c1-4-7-10-13-16-19-22-27(25-26,23-20-17-14-11-8-5-2)24-21-18-15-12-9-6-3/h4-25H2,1-3H3/q+1. The van der Waals surface area contributed by atoms with E-state index in [9.17, 15) is 0 Å². The summed E-state index contributed by atoms with van der Waals surface area (Å²) in [5.74, 6) is 0. The molecule has 0 fully saturated rings. The SMILES string of the molecule is CCCCCCCC[P+](CCl)(CCCCCCCC)CCCCCCCC. The van der Waals surface area contributed by atoms with Crippen LogP contribution in [0.15, 0.2) is 0 Å². The van der Waals surface area contributed by atoms with Gasteiger partial charge in [0, 0.05) is 7.26 Å². The molecule has 0 aliphatic rings. The molecule has 0 aromatic carbocycles. The van der Waals surface area contributed by atoms with E-state index in [0.29, 0.717) is 0 Å². The second-order valence-electron chi connectivity index (χ2n) is 8.94. The maximum atomic E-state index is 6.66. The van der Waals surface area contributed by atoms with Crippen molar-refractivity contribution in [1.29, 1.82) is 0 Å². The van der Waals surface area contributed by atoms with Gasteiger partial charge < -0.3 is 0 Å². The largest absolute Gasteiger partial charge is 0.132 e. The number of alkyl halides is 1. The fourth-order valence-corrected chi connectivity index (χ4v) is 8.99. The first-order valence-corrected chi connectivity index (χ1v) is 15.7. The van der Waals surface area contributed by atoms with E-state index < -0.39 is 7.26 Å². The molecule has 0 spiro atoms. The van der Waals surface area contributed by atoms with E-state index in [1.807, 2.05) is 0 Å². The van der Waals surface area contributed by atoms with E-state index in [-0.39, 0.29) is 0 Å². The van der Waals surface area contributed by atoms with Gasteiger partial charge in [-0.15, -0.1) is 0 Å². The Kier molecular flexibility index (Phi) is 22.0. The number of hydrogen-bond donors (Lipinski definition) is 0. The first-order chi connectivity index (χ1) is 13.2. The van der Waals surface area contributed by atoms with Crippen LogP contribution in [0.25, 0.3) is 0 Å². The summed E-state index contributed by atoms with van der Waals surface area (Å²) in [6.07, 6.45) is 30.2. The van der Waals surface area contributed by atoms with E-state index in [0.717, 1.165) is 5.62 Å². The van der Waals surface area contributed by atoms with Gasteiger partial charge in [-0.05, 0) is 38.5 Å². The zero-order valence-electron chi connectivity index (χ0n) is 19.4. The molecule has 0 amide bonds. The van der Waals surface area contributed by atoms with Crippen molar-refractivity contribution >= 4 is 18.9 Å². The Balaban J connectivity index is 4.23. The Bertz CT molecular complexity index is 239. The lowest BCUT2D eigenvalue weighted by atomic mass is 10.1. The van der Waals surface area contributed by atoms with Gasteiger partial charge in [-0.2, -0.15) is 0 Å². The fraction of sp³-hybridized carbons (Fsp3) is 1.00. The van der Waals surface area contributed by atoms with Crippen LogP contribution in [-0.4, -0.2) is 24.1 Å². The molecule has 0 saturated carbocycles. The number of hydrogen-bond acceptors (Lipinski definition) is 0. The first kappa shape index (κ1) is 27.7. The maximum Gasteiger partial charge on any atom is 0.132 e. The van der Waals surface area contributed by atoms with Crippen LogP contribution in [0.1, 0.15) is 136 Å². The van der Waals surface area contributed by atoms with Crippen LogP contribution in [-0.2, 0) is 0 Å². The van der Waals surface area contributed by atoms with E-state index in [2.05, 4.69) is 20.8 Å². The minimum atomic E-state index is -0.878. The highest BCUT2D eigenvalue weighted by Crippen LogP contribution is 2.61.